The molecule has 0 radical (unpaired) electrons. The predicted octanol–water partition coefficient (Wildman–Crippen LogP) is 4.49. The molecular weight excluding hydrogens is 389 g/mol. The van der Waals surface area contributed by atoms with Crippen molar-refractivity contribution in [2.75, 3.05) is 20.3 Å². The first kappa shape index (κ1) is 19.8. The van der Waals surface area contributed by atoms with Crippen LogP contribution in [0.15, 0.2) is 36.4 Å². The van der Waals surface area contributed by atoms with Crippen molar-refractivity contribution >= 4 is 29.1 Å². The lowest BCUT2D eigenvalue weighted by Crippen LogP contribution is -2.23. The molecule has 5 nitrogen and oxygen atoms in total. The summed E-state index contributed by atoms with van der Waals surface area (Å²) in [5, 5.41) is 3.42. The quantitative estimate of drug-likeness (QED) is 0.731. The Labute approximate surface area is 168 Å². The van der Waals surface area contributed by atoms with Gasteiger partial charge in [0.2, 0.25) is 0 Å². The molecule has 1 amide bonds. The van der Waals surface area contributed by atoms with Crippen LogP contribution in [0, 0.1) is 0 Å². The summed E-state index contributed by atoms with van der Waals surface area (Å²) in [7, 11) is 1.59. The van der Waals surface area contributed by atoms with Crippen LogP contribution in [0.2, 0.25) is 10.0 Å². The van der Waals surface area contributed by atoms with Crippen molar-refractivity contribution in [1.29, 1.82) is 0 Å². The number of rotatable bonds is 7. The number of benzene rings is 2. The number of hydrogen-bond donors (Lipinski definition) is 1. The Morgan fingerprint density at radius 3 is 2.85 bits per heavy atom. The summed E-state index contributed by atoms with van der Waals surface area (Å²) in [5.74, 6) is 0.974. The molecule has 7 heteroatoms. The molecule has 0 saturated carbocycles. The minimum Gasteiger partial charge on any atom is -0.493 e. The van der Waals surface area contributed by atoms with E-state index in [1.165, 1.54) is 0 Å². The first-order chi connectivity index (χ1) is 13.1. The fourth-order valence-corrected chi connectivity index (χ4v) is 3.24. The Morgan fingerprint density at radius 1 is 1.26 bits per heavy atom. The van der Waals surface area contributed by atoms with Gasteiger partial charge in [0.15, 0.2) is 11.5 Å². The standard InChI is InChI=1S/C20H21Cl2NO4/c1-25-18-10-13(7-8-17(18)27-12-14-4-3-9-26-14)11-23-20(24)15-5-2-6-16(21)19(15)22/h2,5-8,10,14H,3-4,9,11-12H2,1H3,(H,23,24). The Balaban J connectivity index is 1.61. The molecule has 1 aliphatic heterocycles. The van der Waals surface area contributed by atoms with Crippen molar-refractivity contribution in [3.8, 4) is 11.5 Å². The van der Waals surface area contributed by atoms with Gasteiger partial charge >= 0.3 is 0 Å². The second kappa shape index (κ2) is 9.31. The number of nitrogens with one attached hydrogen (secondary N) is 1. The number of hydrogen-bond acceptors (Lipinski definition) is 4. The highest BCUT2D eigenvalue weighted by Gasteiger charge is 2.17. The topological polar surface area (TPSA) is 56.8 Å². The Bertz CT molecular complexity index is 807. The average Bonchev–Trinajstić information content (AvgIpc) is 3.20. The lowest BCUT2D eigenvalue weighted by atomic mass is 10.1. The van der Waals surface area contributed by atoms with Crippen molar-refractivity contribution in [1.82, 2.24) is 5.32 Å². The van der Waals surface area contributed by atoms with Crippen LogP contribution in [-0.4, -0.2) is 32.3 Å². The second-order valence-electron chi connectivity index (χ2n) is 6.22. The Kier molecular flexibility index (Phi) is 6.83. The number of carbonyl (C=O) groups excluding carboxylic acids is 1. The third-order valence-electron chi connectivity index (χ3n) is 4.33. The van der Waals surface area contributed by atoms with Gasteiger partial charge in [-0.05, 0) is 42.7 Å². The molecule has 1 aliphatic rings. The van der Waals surface area contributed by atoms with Crippen molar-refractivity contribution < 1.29 is 19.0 Å². The molecular formula is C20H21Cl2NO4. The molecule has 2 aromatic carbocycles. The number of halogens is 2. The van der Waals surface area contributed by atoms with E-state index in [4.69, 9.17) is 37.4 Å². The van der Waals surface area contributed by atoms with Crippen LogP contribution in [0.1, 0.15) is 28.8 Å². The van der Waals surface area contributed by atoms with Gasteiger partial charge in [-0.15, -0.1) is 0 Å². The summed E-state index contributed by atoms with van der Waals surface area (Å²) >= 11 is 12.0. The minimum absolute atomic E-state index is 0.135. The maximum atomic E-state index is 12.3. The summed E-state index contributed by atoms with van der Waals surface area (Å²) in [6.07, 6.45) is 2.22. The van der Waals surface area contributed by atoms with E-state index < -0.39 is 0 Å². The van der Waals surface area contributed by atoms with Crippen molar-refractivity contribution in [3.63, 3.8) is 0 Å². The van der Waals surface area contributed by atoms with Gasteiger partial charge in [-0.25, -0.2) is 0 Å². The molecule has 1 N–H and O–H groups in total. The van der Waals surface area contributed by atoms with Crippen molar-refractivity contribution in [2.45, 2.75) is 25.5 Å². The van der Waals surface area contributed by atoms with E-state index in [1.54, 1.807) is 25.3 Å². The molecule has 0 spiro atoms. The van der Waals surface area contributed by atoms with Crippen LogP contribution >= 0.6 is 23.2 Å². The van der Waals surface area contributed by atoms with Crippen LogP contribution in [-0.2, 0) is 11.3 Å². The SMILES string of the molecule is COc1cc(CNC(=O)c2cccc(Cl)c2Cl)ccc1OCC1CCCO1. The number of amides is 1. The van der Waals surface area contributed by atoms with Gasteiger partial charge in [-0.3, -0.25) is 4.79 Å². The van der Waals surface area contributed by atoms with E-state index in [0.29, 0.717) is 35.2 Å². The largest absolute Gasteiger partial charge is 0.493 e. The summed E-state index contributed by atoms with van der Waals surface area (Å²) in [6.45, 7) is 1.62. The number of ether oxygens (including phenoxy) is 3. The van der Waals surface area contributed by atoms with Gasteiger partial charge in [0.1, 0.15) is 6.61 Å². The molecule has 1 saturated heterocycles. The summed E-state index contributed by atoms with van der Waals surface area (Å²) in [5.41, 5.74) is 1.22. The molecule has 2 aromatic rings. The van der Waals surface area contributed by atoms with E-state index in [0.717, 1.165) is 25.0 Å². The maximum Gasteiger partial charge on any atom is 0.253 e. The number of carbonyl (C=O) groups is 1. The van der Waals surface area contributed by atoms with Gasteiger partial charge < -0.3 is 19.5 Å². The van der Waals surface area contributed by atoms with Crippen LogP contribution < -0.4 is 14.8 Å². The zero-order valence-electron chi connectivity index (χ0n) is 15.0. The number of methoxy groups -OCH3 is 1. The van der Waals surface area contributed by atoms with Gasteiger partial charge in [-0.1, -0.05) is 35.3 Å². The molecule has 1 heterocycles. The molecule has 0 bridgehead atoms. The molecule has 1 atom stereocenters. The van der Waals surface area contributed by atoms with E-state index in [9.17, 15) is 4.79 Å². The highest BCUT2D eigenvalue weighted by atomic mass is 35.5. The predicted molar refractivity (Wildman–Crippen MR) is 105 cm³/mol. The van der Waals surface area contributed by atoms with Crippen LogP contribution in [0.4, 0.5) is 0 Å². The van der Waals surface area contributed by atoms with Crippen molar-refractivity contribution in [2.24, 2.45) is 0 Å². The van der Waals surface area contributed by atoms with E-state index in [1.807, 2.05) is 18.2 Å². The van der Waals surface area contributed by atoms with E-state index >= 15 is 0 Å². The second-order valence-corrected chi connectivity index (χ2v) is 7.00. The van der Waals surface area contributed by atoms with Crippen LogP contribution in [0.3, 0.4) is 0 Å². The molecule has 3 rings (SSSR count). The first-order valence-electron chi connectivity index (χ1n) is 8.72. The summed E-state index contributed by atoms with van der Waals surface area (Å²) < 4.78 is 16.8. The fraction of sp³-hybridized carbons (Fsp3) is 0.350. The normalized spacial score (nSPS) is 16.2. The third kappa shape index (κ3) is 5.06. The summed E-state index contributed by atoms with van der Waals surface area (Å²) in [6, 6.07) is 10.5. The lowest BCUT2D eigenvalue weighted by Gasteiger charge is -2.15. The molecule has 144 valence electrons. The minimum atomic E-state index is -0.292. The van der Waals surface area contributed by atoms with Gasteiger partial charge in [0.05, 0.1) is 28.8 Å². The van der Waals surface area contributed by atoms with Crippen molar-refractivity contribution in [3.05, 3.63) is 57.6 Å². The van der Waals surface area contributed by atoms with E-state index in [2.05, 4.69) is 5.32 Å². The maximum absolute atomic E-state index is 12.3. The Hall–Kier alpha value is -1.95. The molecule has 0 aromatic heterocycles. The van der Waals surface area contributed by atoms with Gasteiger partial charge in [0, 0.05) is 13.2 Å². The monoisotopic (exact) mass is 409 g/mol. The smallest absolute Gasteiger partial charge is 0.253 e. The Morgan fingerprint density at radius 2 is 2.11 bits per heavy atom. The van der Waals surface area contributed by atoms with Crippen LogP contribution in [0.25, 0.3) is 0 Å². The fourth-order valence-electron chi connectivity index (χ4n) is 2.86. The molecule has 0 aliphatic carbocycles. The molecule has 1 fully saturated rings. The van der Waals surface area contributed by atoms with Crippen LogP contribution in [0.5, 0.6) is 11.5 Å². The summed E-state index contributed by atoms with van der Waals surface area (Å²) in [4.78, 5) is 12.3. The van der Waals surface area contributed by atoms with Gasteiger partial charge in [-0.2, -0.15) is 0 Å². The zero-order chi connectivity index (χ0) is 19.2. The molecule has 27 heavy (non-hydrogen) atoms. The highest BCUT2D eigenvalue weighted by molar-refractivity contribution is 6.43. The highest BCUT2D eigenvalue weighted by Crippen LogP contribution is 2.29. The average molecular weight is 410 g/mol. The van der Waals surface area contributed by atoms with E-state index in [-0.39, 0.29) is 17.0 Å². The third-order valence-corrected chi connectivity index (χ3v) is 5.14. The van der Waals surface area contributed by atoms with Gasteiger partial charge in [0.25, 0.3) is 5.91 Å². The molecule has 1 unspecified atom stereocenters. The lowest BCUT2D eigenvalue weighted by molar-refractivity contribution is 0.0669. The first-order valence-corrected chi connectivity index (χ1v) is 9.47. The zero-order valence-corrected chi connectivity index (χ0v) is 16.5.